The molecule has 0 saturated carbocycles. The van der Waals surface area contributed by atoms with E-state index in [0.717, 1.165) is 19.7 Å². The molecule has 2 saturated heterocycles. The van der Waals surface area contributed by atoms with Crippen LogP contribution < -0.4 is 0 Å². The van der Waals surface area contributed by atoms with E-state index in [0.29, 0.717) is 17.6 Å². The van der Waals surface area contributed by atoms with Gasteiger partial charge in [0.1, 0.15) is 0 Å². The largest absolute Gasteiger partial charge is 0.376 e. The van der Waals surface area contributed by atoms with E-state index in [1.54, 1.807) is 0 Å². The summed E-state index contributed by atoms with van der Waals surface area (Å²) in [7, 11) is 4.19. The number of rotatable bonds is 5. The summed E-state index contributed by atoms with van der Waals surface area (Å²) in [6.45, 7) is 9.95. The van der Waals surface area contributed by atoms with Crippen LogP contribution in [0.15, 0.2) is 12.4 Å². The summed E-state index contributed by atoms with van der Waals surface area (Å²) in [5.74, 6) is 0. The van der Waals surface area contributed by atoms with Crippen molar-refractivity contribution in [3.05, 3.63) is 18.0 Å². The van der Waals surface area contributed by atoms with Gasteiger partial charge < -0.3 is 9.64 Å². The molecule has 136 valence electrons. The molecule has 3 heterocycles. The molecule has 0 N–H and O–H groups in total. The molecule has 3 rings (SSSR count). The fraction of sp³-hybridized carbons (Fsp3) is 0.842. The summed E-state index contributed by atoms with van der Waals surface area (Å²) >= 11 is 0. The van der Waals surface area contributed by atoms with E-state index in [2.05, 4.69) is 42.0 Å². The van der Waals surface area contributed by atoms with Crippen molar-refractivity contribution in [1.82, 2.24) is 19.6 Å². The average molecular weight is 335 g/mol. The van der Waals surface area contributed by atoms with Crippen LogP contribution in [0.1, 0.15) is 45.1 Å². The van der Waals surface area contributed by atoms with Gasteiger partial charge in [-0.25, -0.2) is 0 Å². The number of hydrogen-bond acceptors (Lipinski definition) is 4. The van der Waals surface area contributed by atoms with Gasteiger partial charge in [-0.05, 0) is 65.1 Å². The molecule has 1 unspecified atom stereocenters. The van der Waals surface area contributed by atoms with E-state index in [-0.39, 0.29) is 0 Å². The molecular formula is C19H34N4O. The summed E-state index contributed by atoms with van der Waals surface area (Å²) in [6, 6.07) is 0.597. The predicted octanol–water partition coefficient (Wildman–Crippen LogP) is 2.52. The molecule has 1 aromatic rings. The Hall–Kier alpha value is -0.910. The second-order valence-electron chi connectivity index (χ2n) is 8.30. The van der Waals surface area contributed by atoms with Gasteiger partial charge in [0.05, 0.1) is 18.9 Å². The van der Waals surface area contributed by atoms with E-state index < -0.39 is 0 Å². The number of aromatic nitrogens is 2. The van der Waals surface area contributed by atoms with Gasteiger partial charge in [-0.1, -0.05) is 0 Å². The zero-order valence-corrected chi connectivity index (χ0v) is 15.9. The van der Waals surface area contributed by atoms with Crippen LogP contribution in [-0.4, -0.2) is 65.0 Å². The van der Waals surface area contributed by atoms with E-state index in [9.17, 15) is 0 Å². The Balaban J connectivity index is 1.43. The fourth-order valence-electron chi connectivity index (χ4n) is 3.98. The molecule has 0 aliphatic carbocycles. The lowest BCUT2D eigenvalue weighted by Crippen LogP contribution is -2.47. The summed E-state index contributed by atoms with van der Waals surface area (Å²) in [6.07, 6.45) is 9.66. The third-order valence-electron chi connectivity index (χ3n) is 6.08. The lowest BCUT2D eigenvalue weighted by Gasteiger charge is -2.46. The van der Waals surface area contributed by atoms with Crippen LogP contribution in [0, 0.1) is 5.41 Å². The van der Waals surface area contributed by atoms with E-state index in [1.165, 1.54) is 44.3 Å². The Labute approximate surface area is 146 Å². The maximum Gasteiger partial charge on any atom is 0.0702 e. The average Bonchev–Trinajstić information content (AvgIpc) is 2.97. The molecular weight excluding hydrogens is 300 g/mol. The van der Waals surface area contributed by atoms with Crippen LogP contribution in [0.3, 0.4) is 0 Å². The molecule has 0 radical (unpaired) electrons. The number of likely N-dealkylation sites (tertiary alicyclic amines) is 1. The number of piperidine rings is 1. The summed E-state index contributed by atoms with van der Waals surface area (Å²) in [4.78, 5) is 4.97. The lowest BCUT2D eigenvalue weighted by molar-refractivity contribution is -0.0946. The fourth-order valence-corrected chi connectivity index (χ4v) is 3.98. The molecule has 1 spiro atoms. The van der Waals surface area contributed by atoms with Crippen molar-refractivity contribution >= 4 is 0 Å². The van der Waals surface area contributed by atoms with Crippen LogP contribution in [0.2, 0.25) is 0 Å². The Kier molecular flexibility index (Phi) is 5.63. The maximum atomic E-state index is 6.28. The van der Waals surface area contributed by atoms with E-state index in [4.69, 9.17) is 4.74 Å². The van der Waals surface area contributed by atoms with Crippen molar-refractivity contribution in [1.29, 1.82) is 0 Å². The number of ether oxygens (including phenoxy) is 1. The minimum atomic E-state index is 0.427. The van der Waals surface area contributed by atoms with Crippen molar-refractivity contribution in [2.75, 3.05) is 33.3 Å². The Morgan fingerprint density at radius 1 is 1.33 bits per heavy atom. The highest BCUT2D eigenvalue weighted by atomic mass is 16.5. The monoisotopic (exact) mass is 334 g/mol. The molecule has 0 bridgehead atoms. The van der Waals surface area contributed by atoms with Crippen LogP contribution in [-0.2, 0) is 18.3 Å². The highest BCUT2D eigenvalue weighted by molar-refractivity contribution is 5.04. The molecule has 24 heavy (non-hydrogen) atoms. The Morgan fingerprint density at radius 2 is 2.08 bits per heavy atom. The van der Waals surface area contributed by atoms with Gasteiger partial charge >= 0.3 is 0 Å². The molecule has 2 aliphatic heterocycles. The van der Waals surface area contributed by atoms with Crippen LogP contribution in [0.5, 0.6) is 0 Å². The maximum absolute atomic E-state index is 6.28. The van der Waals surface area contributed by atoms with Gasteiger partial charge in [0.2, 0.25) is 0 Å². The van der Waals surface area contributed by atoms with Gasteiger partial charge in [-0.15, -0.1) is 0 Å². The molecule has 5 nitrogen and oxygen atoms in total. The van der Waals surface area contributed by atoms with Crippen molar-refractivity contribution in [2.24, 2.45) is 12.5 Å². The predicted molar refractivity (Wildman–Crippen MR) is 96.9 cm³/mol. The van der Waals surface area contributed by atoms with Crippen molar-refractivity contribution in [3.8, 4) is 0 Å². The normalized spacial score (nSPS) is 25.0. The minimum absolute atomic E-state index is 0.427. The SMILES string of the molecule is CC(C)N(C)CC1CCC2(CCN(Cc3cnn(C)c3)CC2)CO1. The first-order valence-electron chi connectivity index (χ1n) is 9.47. The Bertz CT molecular complexity index is 509. The standard InChI is InChI=1S/C19H34N4O/c1-16(2)21(3)14-18-5-6-19(15-24-18)7-9-23(10-8-19)13-17-11-20-22(4)12-17/h11-12,16,18H,5-10,13-15H2,1-4H3. The van der Waals surface area contributed by atoms with Crippen LogP contribution in [0.25, 0.3) is 0 Å². The molecule has 2 fully saturated rings. The molecule has 1 atom stereocenters. The van der Waals surface area contributed by atoms with Gasteiger partial charge in [0, 0.05) is 37.9 Å². The van der Waals surface area contributed by atoms with Gasteiger partial charge in [0.15, 0.2) is 0 Å². The molecule has 0 amide bonds. The molecule has 0 aromatic carbocycles. The van der Waals surface area contributed by atoms with Gasteiger partial charge in [0.25, 0.3) is 0 Å². The van der Waals surface area contributed by atoms with Gasteiger partial charge in [-0.3, -0.25) is 9.58 Å². The number of aryl methyl sites for hydroxylation is 1. The zero-order valence-electron chi connectivity index (χ0n) is 15.9. The van der Waals surface area contributed by atoms with Gasteiger partial charge in [-0.2, -0.15) is 5.10 Å². The smallest absolute Gasteiger partial charge is 0.0702 e. The van der Waals surface area contributed by atoms with Crippen LogP contribution in [0.4, 0.5) is 0 Å². The van der Waals surface area contributed by atoms with Crippen molar-refractivity contribution in [2.45, 2.75) is 58.2 Å². The van der Waals surface area contributed by atoms with Crippen LogP contribution >= 0.6 is 0 Å². The van der Waals surface area contributed by atoms with Crippen molar-refractivity contribution in [3.63, 3.8) is 0 Å². The van der Waals surface area contributed by atoms with Crippen molar-refractivity contribution < 1.29 is 4.74 Å². The topological polar surface area (TPSA) is 33.5 Å². The molecule has 5 heteroatoms. The van der Waals surface area contributed by atoms with E-state index >= 15 is 0 Å². The quantitative estimate of drug-likeness (QED) is 0.828. The summed E-state index contributed by atoms with van der Waals surface area (Å²) in [5.41, 5.74) is 1.77. The third-order valence-corrected chi connectivity index (χ3v) is 6.08. The Morgan fingerprint density at radius 3 is 2.62 bits per heavy atom. The lowest BCUT2D eigenvalue weighted by atomic mass is 9.73. The summed E-state index contributed by atoms with van der Waals surface area (Å²) < 4.78 is 8.17. The highest BCUT2D eigenvalue weighted by Crippen LogP contribution is 2.40. The summed E-state index contributed by atoms with van der Waals surface area (Å²) in [5, 5.41) is 4.28. The molecule has 1 aromatic heterocycles. The molecule has 2 aliphatic rings. The first kappa shape index (κ1) is 17.9. The number of nitrogens with zero attached hydrogens (tertiary/aromatic N) is 4. The van der Waals surface area contributed by atoms with E-state index in [1.807, 2.05) is 17.9 Å². The minimum Gasteiger partial charge on any atom is -0.376 e. The number of likely N-dealkylation sites (N-methyl/N-ethyl adjacent to an activating group) is 1. The second-order valence-corrected chi connectivity index (χ2v) is 8.30. The first-order valence-corrected chi connectivity index (χ1v) is 9.47. The third kappa shape index (κ3) is 4.38. The number of hydrogen-bond donors (Lipinski definition) is 0. The first-order chi connectivity index (χ1) is 11.5. The highest BCUT2D eigenvalue weighted by Gasteiger charge is 2.39. The zero-order chi connectivity index (χ0) is 17.2. The second kappa shape index (κ2) is 7.54.